The summed E-state index contributed by atoms with van der Waals surface area (Å²) in [6.45, 7) is 8.24. The maximum Gasteiger partial charge on any atom is 0.124 e. The number of ether oxygens (including phenoxy) is 1. The van der Waals surface area contributed by atoms with Crippen LogP contribution in [0.3, 0.4) is 0 Å². The summed E-state index contributed by atoms with van der Waals surface area (Å²) < 4.78 is 5.38. The van der Waals surface area contributed by atoms with Crippen molar-refractivity contribution in [1.29, 1.82) is 0 Å². The van der Waals surface area contributed by atoms with Crippen molar-refractivity contribution in [3.05, 3.63) is 35.9 Å². The van der Waals surface area contributed by atoms with E-state index in [1.54, 1.807) is 7.11 Å². The number of methoxy groups -OCH3 is 1. The maximum absolute atomic E-state index is 12.5. The maximum atomic E-state index is 12.5. The number of hydrogen-bond acceptors (Lipinski definition) is 2. The molecule has 1 rings (SSSR count). The van der Waals surface area contributed by atoms with E-state index in [4.69, 9.17) is 4.74 Å². The van der Waals surface area contributed by atoms with Gasteiger partial charge in [0, 0.05) is 7.11 Å². The molecular formula is C14H22O2Si. The second-order valence-corrected chi connectivity index (χ2v) is 10.4. The molecule has 0 spiro atoms. The Morgan fingerprint density at radius 3 is 2.12 bits per heavy atom. The first-order valence-corrected chi connectivity index (χ1v) is 9.50. The first-order chi connectivity index (χ1) is 7.88. The fraction of sp³-hybridized carbons (Fsp3) is 0.500. The van der Waals surface area contributed by atoms with Crippen LogP contribution in [0.5, 0.6) is 0 Å². The molecule has 3 heteroatoms. The van der Waals surface area contributed by atoms with Crippen molar-refractivity contribution in [2.45, 2.75) is 38.6 Å². The fourth-order valence-corrected chi connectivity index (χ4v) is 3.23. The summed E-state index contributed by atoms with van der Waals surface area (Å²) >= 11 is 0. The molecule has 2 atom stereocenters. The zero-order valence-corrected chi connectivity index (χ0v) is 12.4. The smallest absolute Gasteiger partial charge is 0.124 e. The second kappa shape index (κ2) is 5.60. The molecule has 0 amide bonds. The van der Waals surface area contributed by atoms with E-state index in [2.05, 4.69) is 19.6 Å². The molecular weight excluding hydrogens is 228 g/mol. The zero-order chi connectivity index (χ0) is 13.1. The van der Waals surface area contributed by atoms with E-state index in [0.717, 1.165) is 5.56 Å². The van der Waals surface area contributed by atoms with Crippen molar-refractivity contribution in [2.75, 3.05) is 7.11 Å². The number of carbonyl (C=O) groups excluding carboxylic acids is 1. The third-order valence-corrected chi connectivity index (χ3v) is 4.81. The summed E-state index contributed by atoms with van der Waals surface area (Å²) in [5, 5.41) is 0.359. The molecule has 0 fully saturated rings. The van der Waals surface area contributed by atoms with Crippen molar-refractivity contribution in [1.82, 2.24) is 0 Å². The summed E-state index contributed by atoms with van der Waals surface area (Å²) in [4.78, 5) is 12.5. The molecule has 0 aromatic heterocycles. The van der Waals surface area contributed by atoms with Crippen LogP contribution in [0.1, 0.15) is 18.4 Å². The van der Waals surface area contributed by atoms with Crippen molar-refractivity contribution < 1.29 is 9.53 Å². The molecule has 0 aliphatic heterocycles. The van der Waals surface area contributed by atoms with E-state index < -0.39 is 8.07 Å². The van der Waals surface area contributed by atoms with E-state index in [1.807, 2.05) is 37.3 Å². The Balaban J connectivity index is 3.10. The molecule has 0 saturated heterocycles. The van der Waals surface area contributed by atoms with Gasteiger partial charge in [-0.1, -0.05) is 50.0 Å². The standard InChI is InChI=1S/C14H22O2Si/c1-11(16-2)13(14(15)17(3,4)5)12-9-7-6-8-10-12/h6-11,13H,1-5H3/t11-,13-/m0/s1. The van der Waals surface area contributed by atoms with E-state index >= 15 is 0 Å². The van der Waals surface area contributed by atoms with Gasteiger partial charge in [-0.3, -0.25) is 0 Å². The highest BCUT2D eigenvalue weighted by molar-refractivity contribution is 7.04. The molecule has 0 N–H and O–H groups in total. The number of carbonyl (C=O) groups is 1. The second-order valence-electron chi connectivity index (χ2n) is 5.44. The van der Waals surface area contributed by atoms with Crippen LogP contribution in [-0.2, 0) is 9.53 Å². The third kappa shape index (κ3) is 3.51. The van der Waals surface area contributed by atoms with Gasteiger partial charge < -0.3 is 9.53 Å². The van der Waals surface area contributed by atoms with E-state index in [-0.39, 0.29) is 12.0 Å². The normalized spacial score (nSPS) is 15.4. The lowest BCUT2D eigenvalue weighted by Crippen LogP contribution is -2.41. The van der Waals surface area contributed by atoms with Crippen molar-refractivity contribution >= 4 is 13.5 Å². The quantitative estimate of drug-likeness (QED) is 0.750. The van der Waals surface area contributed by atoms with Crippen LogP contribution in [0.15, 0.2) is 30.3 Å². The van der Waals surface area contributed by atoms with Gasteiger partial charge in [0.05, 0.1) is 12.0 Å². The predicted octanol–water partition coefficient (Wildman–Crippen LogP) is 3.25. The van der Waals surface area contributed by atoms with Crippen molar-refractivity contribution in [3.63, 3.8) is 0 Å². The Hall–Kier alpha value is -0.933. The van der Waals surface area contributed by atoms with Crippen LogP contribution in [-0.4, -0.2) is 26.7 Å². The molecule has 2 nitrogen and oxygen atoms in total. The molecule has 0 radical (unpaired) electrons. The Labute approximate surface area is 105 Å². The predicted molar refractivity (Wildman–Crippen MR) is 74.0 cm³/mol. The number of benzene rings is 1. The van der Waals surface area contributed by atoms with Crippen LogP contribution in [0, 0.1) is 0 Å². The summed E-state index contributed by atoms with van der Waals surface area (Å²) in [7, 11) is -0.140. The van der Waals surface area contributed by atoms with E-state index in [1.165, 1.54) is 0 Å². The number of rotatable bonds is 5. The van der Waals surface area contributed by atoms with E-state index in [0.29, 0.717) is 5.41 Å². The highest BCUT2D eigenvalue weighted by Gasteiger charge is 2.35. The Morgan fingerprint density at radius 1 is 1.18 bits per heavy atom. The molecule has 17 heavy (non-hydrogen) atoms. The average molecular weight is 250 g/mol. The molecule has 0 bridgehead atoms. The van der Waals surface area contributed by atoms with Crippen LogP contribution in [0.25, 0.3) is 0 Å². The van der Waals surface area contributed by atoms with Crippen molar-refractivity contribution in [2.24, 2.45) is 0 Å². The van der Waals surface area contributed by atoms with Gasteiger partial charge in [-0.05, 0) is 12.5 Å². The highest BCUT2D eigenvalue weighted by Crippen LogP contribution is 2.26. The van der Waals surface area contributed by atoms with Crippen LogP contribution >= 0.6 is 0 Å². The highest BCUT2D eigenvalue weighted by atomic mass is 28.3. The Bertz CT molecular complexity index is 368. The average Bonchev–Trinajstić information content (AvgIpc) is 2.29. The topological polar surface area (TPSA) is 26.3 Å². The SMILES string of the molecule is CO[C@@H](C)[C@H](C(=O)[Si](C)(C)C)c1ccccc1. The Kier molecular flexibility index (Phi) is 4.66. The molecule has 1 aromatic rings. The summed E-state index contributed by atoms with van der Waals surface area (Å²) in [5.74, 6) is -0.132. The lowest BCUT2D eigenvalue weighted by atomic mass is 9.95. The lowest BCUT2D eigenvalue weighted by Gasteiger charge is -2.27. The van der Waals surface area contributed by atoms with Gasteiger partial charge in [-0.2, -0.15) is 0 Å². The molecule has 1 aromatic carbocycles. The summed E-state index contributed by atoms with van der Waals surface area (Å²) in [6, 6.07) is 9.94. The van der Waals surface area contributed by atoms with Gasteiger partial charge in [0.1, 0.15) is 13.5 Å². The minimum atomic E-state index is -1.80. The summed E-state index contributed by atoms with van der Waals surface area (Å²) in [6.07, 6.45) is -0.0726. The zero-order valence-electron chi connectivity index (χ0n) is 11.4. The minimum Gasteiger partial charge on any atom is -0.381 e. The van der Waals surface area contributed by atoms with Gasteiger partial charge in [0.15, 0.2) is 0 Å². The molecule has 0 saturated carbocycles. The van der Waals surface area contributed by atoms with Gasteiger partial charge >= 0.3 is 0 Å². The van der Waals surface area contributed by atoms with Gasteiger partial charge in [-0.15, -0.1) is 0 Å². The number of hydrogen-bond donors (Lipinski definition) is 0. The van der Waals surface area contributed by atoms with Crippen LogP contribution in [0.4, 0.5) is 0 Å². The van der Waals surface area contributed by atoms with Crippen LogP contribution in [0.2, 0.25) is 19.6 Å². The summed E-state index contributed by atoms with van der Waals surface area (Å²) in [5.41, 5.74) is 1.06. The first kappa shape index (κ1) is 14.1. The Morgan fingerprint density at radius 2 is 1.71 bits per heavy atom. The molecule has 0 unspecified atom stereocenters. The van der Waals surface area contributed by atoms with Gasteiger partial charge in [0.25, 0.3) is 0 Å². The fourth-order valence-electron chi connectivity index (χ4n) is 1.90. The van der Waals surface area contributed by atoms with Gasteiger partial charge in [-0.25, -0.2) is 0 Å². The van der Waals surface area contributed by atoms with E-state index in [9.17, 15) is 4.79 Å². The molecule has 94 valence electrons. The van der Waals surface area contributed by atoms with Gasteiger partial charge in [0.2, 0.25) is 0 Å². The third-order valence-electron chi connectivity index (χ3n) is 3.02. The largest absolute Gasteiger partial charge is 0.381 e. The monoisotopic (exact) mass is 250 g/mol. The molecule has 0 aliphatic carbocycles. The minimum absolute atomic E-state index is 0.0726. The first-order valence-electron chi connectivity index (χ1n) is 6.00. The lowest BCUT2D eigenvalue weighted by molar-refractivity contribution is -0.116. The molecule has 0 aliphatic rings. The molecule has 0 heterocycles. The van der Waals surface area contributed by atoms with Crippen molar-refractivity contribution in [3.8, 4) is 0 Å². The van der Waals surface area contributed by atoms with Crippen LogP contribution < -0.4 is 0 Å².